The molecule has 0 N–H and O–H groups in total. The Labute approximate surface area is 165 Å². The average Bonchev–Trinajstić information content (AvgIpc) is 3.42. The monoisotopic (exact) mass is 395 g/mol. The van der Waals surface area contributed by atoms with Crippen LogP contribution in [0, 0.1) is 0 Å². The highest BCUT2D eigenvalue weighted by Gasteiger charge is 2.13. The number of aromatic nitrogens is 5. The average molecular weight is 395 g/mol. The minimum atomic E-state index is 0.478. The lowest BCUT2D eigenvalue weighted by atomic mass is 10.2. The normalized spacial score (nSPS) is 10.8. The Morgan fingerprint density at radius 3 is 2.64 bits per heavy atom. The molecule has 4 aromatic rings. The van der Waals surface area contributed by atoms with Gasteiger partial charge in [-0.3, -0.25) is 4.57 Å². The van der Waals surface area contributed by atoms with Crippen molar-refractivity contribution in [2.75, 3.05) is 14.2 Å². The lowest BCUT2D eigenvalue weighted by Gasteiger charge is -2.07. The molecule has 4 rings (SSSR count). The number of ether oxygens (including phenoxy) is 2. The summed E-state index contributed by atoms with van der Waals surface area (Å²) in [5.74, 6) is 3.07. The molecule has 2 aromatic carbocycles. The first-order valence-electron chi connectivity index (χ1n) is 8.41. The molecule has 2 heterocycles. The molecule has 8 nitrogen and oxygen atoms in total. The molecule has 2 aromatic heterocycles. The van der Waals surface area contributed by atoms with Gasteiger partial charge in [0.1, 0.15) is 17.8 Å². The molecule has 28 heavy (non-hydrogen) atoms. The van der Waals surface area contributed by atoms with Gasteiger partial charge >= 0.3 is 0 Å². The molecule has 0 saturated heterocycles. The second kappa shape index (κ2) is 8.13. The Hall–Kier alpha value is -3.33. The van der Waals surface area contributed by atoms with Crippen molar-refractivity contribution < 1.29 is 14.0 Å². The van der Waals surface area contributed by atoms with Crippen LogP contribution in [0.3, 0.4) is 0 Å². The molecule has 0 atom stereocenters. The van der Waals surface area contributed by atoms with E-state index in [0.717, 1.165) is 27.9 Å². The minimum Gasteiger partial charge on any atom is -0.497 e. The molecule has 9 heteroatoms. The summed E-state index contributed by atoms with van der Waals surface area (Å²) in [4.78, 5) is 4.45. The minimum absolute atomic E-state index is 0.478. The van der Waals surface area contributed by atoms with Crippen molar-refractivity contribution in [2.45, 2.75) is 10.9 Å². The van der Waals surface area contributed by atoms with E-state index in [-0.39, 0.29) is 0 Å². The molecule has 0 fully saturated rings. The molecule has 0 bridgehead atoms. The zero-order valence-corrected chi connectivity index (χ0v) is 16.1. The standard InChI is InChI=1S/C19H17N5O3S/c1-25-15-8-6-13(7-9-15)18-21-17(27-23-18)11-28-19-22-20-12-24(19)14-4-3-5-16(10-14)26-2/h3-10,12H,11H2,1-2H3. The lowest BCUT2D eigenvalue weighted by molar-refractivity contribution is 0.391. The molecule has 0 saturated carbocycles. The van der Waals surface area contributed by atoms with Crippen LogP contribution in [-0.4, -0.2) is 39.1 Å². The van der Waals surface area contributed by atoms with Gasteiger partial charge < -0.3 is 14.0 Å². The first-order chi connectivity index (χ1) is 13.8. The van der Waals surface area contributed by atoms with Crippen molar-refractivity contribution in [3.05, 3.63) is 60.7 Å². The van der Waals surface area contributed by atoms with E-state index in [1.54, 1.807) is 20.5 Å². The third-order valence-electron chi connectivity index (χ3n) is 3.99. The molecule has 0 radical (unpaired) electrons. The van der Waals surface area contributed by atoms with Gasteiger partial charge in [0.15, 0.2) is 5.16 Å². The van der Waals surface area contributed by atoms with Crippen LogP contribution in [0.25, 0.3) is 17.1 Å². The smallest absolute Gasteiger partial charge is 0.237 e. The predicted molar refractivity (Wildman–Crippen MR) is 104 cm³/mol. The third-order valence-corrected chi connectivity index (χ3v) is 4.92. The van der Waals surface area contributed by atoms with Gasteiger partial charge in [-0.1, -0.05) is 23.0 Å². The molecule has 0 aliphatic heterocycles. The Morgan fingerprint density at radius 1 is 1.04 bits per heavy atom. The van der Waals surface area contributed by atoms with E-state index in [9.17, 15) is 0 Å². The zero-order chi connectivity index (χ0) is 19.3. The molecule has 142 valence electrons. The summed E-state index contributed by atoms with van der Waals surface area (Å²) < 4.78 is 17.7. The van der Waals surface area contributed by atoms with Crippen LogP contribution in [0.2, 0.25) is 0 Å². The fraction of sp³-hybridized carbons (Fsp3) is 0.158. The van der Waals surface area contributed by atoms with E-state index in [1.807, 2.05) is 53.1 Å². The number of benzene rings is 2. The van der Waals surface area contributed by atoms with Crippen LogP contribution in [0.1, 0.15) is 5.89 Å². The van der Waals surface area contributed by atoms with Crippen LogP contribution in [-0.2, 0) is 5.75 Å². The Bertz CT molecular complexity index is 1060. The molecule has 0 aliphatic carbocycles. The van der Waals surface area contributed by atoms with Crippen molar-refractivity contribution in [3.8, 4) is 28.6 Å². The van der Waals surface area contributed by atoms with E-state index in [1.165, 1.54) is 11.8 Å². The largest absolute Gasteiger partial charge is 0.497 e. The summed E-state index contributed by atoms with van der Waals surface area (Å²) in [5.41, 5.74) is 1.77. The number of hydrogen-bond donors (Lipinski definition) is 0. The highest BCUT2D eigenvalue weighted by atomic mass is 32.2. The quantitative estimate of drug-likeness (QED) is 0.438. The van der Waals surface area contributed by atoms with Gasteiger partial charge in [-0.15, -0.1) is 10.2 Å². The van der Waals surface area contributed by atoms with Crippen LogP contribution in [0.5, 0.6) is 11.5 Å². The maximum atomic E-state index is 5.37. The second-order valence-corrected chi connectivity index (χ2v) is 6.66. The first kappa shape index (κ1) is 18.1. The number of hydrogen-bond acceptors (Lipinski definition) is 8. The Kier molecular flexibility index (Phi) is 5.24. The molecule has 0 amide bonds. The zero-order valence-electron chi connectivity index (χ0n) is 15.3. The van der Waals surface area contributed by atoms with E-state index >= 15 is 0 Å². The molecule has 0 unspecified atom stereocenters. The van der Waals surface area contributed by atoms with Gasteiger partial charge in [0.05, 0.1) is 25.7 Å². The molecular formula is C19H17N5O3S. The van der Waals surface area contributed by atoms with Crippen LogP contribution in [0.4, 0.5) is 0 Å². The molecular weight excluding hydrogens is 378 g/mol. The number of methoxy groups -OCH3 is 2. The Morgan fingerprint density at radius 2 is 1.86 bits per heavy atom. The topological polar surface area (TPSA) is 88.1 Å². The van der Waals surface area contributed by atoms with Crippen molar-refractivity contribution in [2.24, 2.45) is 0 Å². The predicted octanol–water partition coefficient (Wildman–Crippen LogP) is 3.63. The number of nitrogens with zero attached hydrogens (tertiary/aromatic N) is 5. The summed E-state index contributed by atoms with van der Waals surface area (Å²) in [5, 5.41) is 13.0. The maximum Gasteiger partial charge on any atom is 0.237 e. The number of thioether (sulfide) groups is 1. The van der Waals surface area contributed by atoms with Gasteiger partial charge in [-0.05, 0) is 36.4 Å². The second-order valence-electron chi connectivity index (χ2n) is 5.71. The van der Waals surface area contributed by atoms with Gasteiger partial charge in [0.2, 0.25) is 11.7 Å². The van der Waals surface area contributed by atoms with Gasteiger partial charge in [-0.25, -0.2) is 0 Å². The highest BCUT2D eigenvalue weighted by molar-refractivity contribution is 7.98. The van der Waals surface area contributed by atoms with Crippen LogP contribution in [0.15, 0.2) is 64.5 Å². The molecule has 0 spiro atoms. The molecule has 0 aliphatic rings. The fourth-order valence-corrected chi connectivity index (χ4v) is 3.32. The summed E-state index contributed by atoms with van der Waals surface area (Å²) in [6, 6.07) is 15.2. The first-order valence-corrected chi connectivity index (χ1v) is 9.39. The summed E-state index contributed by atoms with van der Waals surface area (Å²) in [6.45, 7) is 0. The summed E-state index contributed by atoms with van der Waals surface area (Å²) in [7, 11) is 3.26. The van der Waals surface area contributed by atoms with Gasteiger partial charge in [0.25, 0.3) is 0 Å². The fourth-order valence-electron chi connectivity index (χ4n) is 2.56. The maximum absolute atomic E-state index is 5.37. The van der Waals surface area contributed by atoms with E-state index in [0.29, 0.717) is 17.5 Å². The number of rotatable bonds is 7. The van der Waals surface area contributed by atoms with E-state index in [4.69, 9.17) is 14.0 Å². The van der Waals surface area contributed by atoms with E-state index < -0.39 is 0 Å². The van der Waals surface area contributed by atoms with Crippen molar-refractivity contribution in [1.29, 1.82) is 0 Å². The summed E-state index contributed by atoms with van der Waals surface area (Å²) >= 11 is 1.46. The third kappa shape index (κ3) is 3.84. The van der Waals surface area contributed by atoms with E-state index in [2.05, 4.69) is 20.3 Å². The van der Waals surface area contributed by atoms with Crippen LogP contribution >= 0.6 is 11.8 Å². The van der Waals surface area contributed by atoms with Crippen molar-refractivity contribution in [3.63, 3.8) is 0 Å². The van der Waals surface area contributed by atoms with Gasteiger partial charge in [0, 0.05) is 11.6 Å². The van der Waals surface area contributed by atoms with Crippen molar-refractivity contribution in [1.82, 2.24) is 24.9 Å². The summed E-state index contributed by atoms with van der Waals surface area (Å²) in [6.07, 6.45) is 1.66. The lowest BCUT2D eigenvalue weighted by Crippen LogP contribution is -1.96. The SMILES string of the molecule is COc1ccc(-c2noc(CSc3nncn3-c3cccc(OC)c3)n2)cc1. The van der Waals surface area contributed by atoms with Gasteiger partial charge in [-0.2, -0.15) is 4.98 Å². The van der Waals surface area contributed by atoms with Crippen molar-refractivity contribution >= 4 is 11.8 Å². The van der Waals surface area contributed by atoms with Crippen LogP contribution < -0.4 is 9.47 Å². The highest BCUT2D eigenvalue weighted by Crippen LogP contribution is 2.26. The Balaban J connectivity index is 1.47.